The lowest BCUT2D eigenvalue weighted by atomic mass is 9.99. The number of nitrogens with one attached hydrogen (secondary N) is 1. The van der Waals surface area contributed by atoms with Gasteiger partial charge in [0.2, 0.25) is 0 Å². The number of hydrogen-bond acceptors (Lipinski definition) is 9. The Kier molecular flexibility index (Phi) is 8.55. The topological polar surface area (TPSA) is 183 Å². The number of ether oxygens (including phenoxy) is 2. The van der Waals surface area contributed by atoms with Gasteiger partial charge in [-0.25, -0.2) is 4.79 Å². The molecule has 2 heterocycles. The Morgan fingerprint density at radius 2 is 2.11 bits per heavy atom. The number of H-pyrrole nitrogens is 1. The van der Waals surface area contributed by atoms with Crippen LogP contribution in [0.3, 0.4) is 0 Å². The van der Waals surface area contributed by atoms with Crippen LogP contribution in [0.4, 0.5) is 5.69 Å². The second-order valence-electron chi connectivity index (χ2n) is 8.51. The van der Waals surface area contributed by atoms with E-state index in [9.17, 15) is 29.9 Å². The smallest absolute Gasteiger partial charge is 0.330 e. The Morgan fingerprint density at radius 3 is 2.71 bits per heavy atom. The molecule has 0 radical (unpaired) electrons. The largest absolute Gasteiger partial charge is 0.394 e. The molecule has 12 heteroatoms. The molecule has 1 aromatic carbocycles. The number of hydrogen-bond donors (Lipinski definition) is 4. The molecule has 0 saturated carbocycles. The molecule has 0 aliphatic carbocycles. The molecule has 5 N–H and O–H groups in total. The average molecular weight is 488 g/mol. The second kappa shape index (κ2) is 11.4. The normalized spacial score (nSPS) is 20.5. The van der Waals surface area contributed by atoms with Crippen LogP contribution in [0.2, 0.25) is 0 Å². The molecule has 1 fully saturated rings. The van der Waals surface area contributed by atoms with Gasteiger partial charge in [0.25, 0.3) is 11.2 Å². The van der Waals surface area contributed by atoms with Gasteiger partial charge in [0, 0.05) is 24.2 Å². The molecule has 1 aliphatic heterocycles. The first-order valence-corrected chi connectivity index (χ1v) is 11.0. The van der Waals surface area contributed by atoms with E-state index >= 15 is 0 Å². The number of aromatic nitrogens is 2. The van der Waals surface area contributed by atoms with Crippen LogP contribution < -0.4 is 17.0 Å². The van der Waals surface area contributed by atoms with Crippen molar-refractivity contribution in [3.8, 4) is 11.8 Å². The summed E-state index contributed by atoms with van der Waals surface area (Å²) in [5, 5.41) is 31.3. The molecule has 4 atom stereocenters. The lowest BCUT2D eigenvalue weighted by Gasteiger charge is -2.21. The fourth-order valence-electron chi connectivity index (χ4n) is 3.74. The molecule has 188 valence electrons. The van der Waals surface area contributed by atoms with E-state index in [4.69, 9.17) is 15.2 Å². The van der Waals surface area contributed by atoms with Crippen molar-refractivity contribution in [2.45, 2.75) is 44.8 Å². The second-order valence-corrected chi connectivity index (χ2v) is 8.51. The summed E-state index contributed by atoms with van der Waals surface area (Å²) in [5.74, 6) is 5.41. The number of nitrogens with zero attached hydrogens (tertiary/aromatic N) is 2. The summed E-state index contributed by atoms with van der Waals surface area (Å²) in [6.45, 7) is 3.56. The van der Waals surface area contributed by atoms with Crippen LogP contribution in [0.25, 0.3) is 0 Å². The highest BCUT2D eigenvalue weighted by Gasteiger charge is 2.36. The van der Waals surface area contributed by atoms with E-state index in [0.717, 1.165) is 4.57 Å². The van der Waals surface area contributed by atoms with Crippen LogP contribution in [0.5, 0.6) is 0 Å². The summed E-state index contributed by atoms with van der Waals surface area (Å²) >= 11 is 0. The zero-order valence-corrected chi connectivity index (χ0v) is 19.3. The maximum atomic E-state index is 12.9. The number of aliphatic hydroxyl groups is 2. The van der Waals surface area contributed by atoms with Gasteiger partial charge in [-0.05, 0) is 18.1 Å². The van der Waals surface area contributed by atoms with Crippen LogP contribution in [-0.4, -0.2) is 56.7 Å². The van der Waals surface area contributed by atoms with Gasteiger partial charge >= 0.3 is 5.69 Å². The van der Waals surface area contributed by atoms with Crippen LogP contribution in [-0.2, 0) is 9.47 Å². The molecular formula is C23H28N4O8. The van der Waals surface area contributed by atoms with Crippen molar-refractivity contribution in [3.63, 3.8) is 0 Å². The first-order chi connectivity index (χ1) is 16.7. The average Bonchev–Trinajstić information content (AvgIpc) is 3.19. The number of nitro groups is 1. The van der Waals surface area contributed by atoms with Gasteiger partial charge in [0.15, 0.2) is 0 Å². The summed E-state index contributed by atoms with van der Waals surface area (Å²) in [6, 6.07) is 4.29. The van der Waals surface area contributed by atoms with Crippen molar-refractivity contribution in [2.24, 2.45) is 11.7 Å². The van der Waals surface area contributed by atoms with E-state index in [1.165, 1.54) is 18.3 Å². The maximum Gasteiger partial charge on any atom is 0.330 e. The van der Waals surface area contributed by atoms with E-state index in [0.29, 0.717) is 5.56 Å². The Balaban J connectivity index is 2.14. The SMILES string of the molecule is CC(C)COC(c1ccc(C#CCN)cc1[N+](=O)[O-])c1cn([C@H]2C[C@H](O)[C@@H](CO)O2)c(=O)[nH]c1=O. The highest BCUT2D eigenvalue weighted by Crippen LogP contribution is 2.33. The molecule has 2 aromatic rings. The van der Waals surface area contributed by atoms with Gasteiger partial charge in [0.1, 0.15) is 18.4 Å². The minimum atomic E-state index is -1.19. The van der Waals surface area contributed by atoms with Crippen molar-refractivity contribution in [1.29, 1.82) is 0 Å². The molecule has 1 saturated heterocycles. The van der Waals surface area contributed by atoms with Crippen LogP contribution >= 0.6 is 0 Å². The van der Waals surface area contributed by atoms with Gasteiger partial charge in [-0.3, -0.25) is 24.5 Å². The first-order valence-electron chi connectivity index (χ1n) is 11.0. The van der Waals surface area contributed by atoms with E-state index in [2.05, 4.69) is 16.8 Å². The molecule has 1 aromatic heterocycles. The van der Waals surface area contributed by atoms with Crippen molar-refractivity contribution >= 4 is 5.69 Å². The van der Waals surface area contributed by atoms with E-state index in [-0.39, 0.29) is 42.3 Å². The van der Waals surface area contributed by atoms with Gasteiger partial charge in [-0.1, -0.05) is 25.7 Å². The number of benzene rings is 1. The fraction of sp³-hybridized carbons (Fsp3) is 0.478. The highest BCUT2D eigenvalue weighted by molar-refractivity contribution is 5.51. The monoisotopic (exact) mass is 488 g/mol. The minimum absolute atomic E-state index is 0.00277. The first kappa shape index (κ1) is 26.3. The zero-order valence-electron chi connectivity index (χ0n) is 19.3. The molecule has 35 heavy (non-hydrogen) atoms. The van der Waals surface area contributed by atoms with Crippen LogP contribution in [0, 0.1) is 27.9 Å². The van der Waals surface area contributed by atoms with Crippen LogP contribution in [0.15, 0.2) is 34.0 Å². The summed E-state index contributed by atoms with van der Waals surface area (Å²) in [6.07, 6.45) is -2.83. The number of nitrogens with two attached hydrogens (primary N) is 1. The Morgan fingerprint density at radius 1 is 1.37 bits per heavy atom. The molecule has 0 amide bonds. The third-order valence-corrected chi connectivity index (χ3v) is 5.41. The predicted octanol–water partition coefficient (Wildman–Crippen LogP) is 0.158. The summed E-state index contributed by atoms with van der Waals surface area (Å²) < 4.78 is 12.6. The third-order valence-electron chi connectivity index (χ3n) is 5.41. The fourth-order valence-corrected chi connectivity index (χ4v) is 3.74. The van der Waals surface area contributed by atoms with Gasteiger partial charge in [-0.15, -0.1) is 0 Å². The summed E-state index contributed by atoms with van der Waals surface area (Å²) in [5.41, 5.74) is 3.92. The Bertz CT molecular complexity index is 1240. The number of nitro benzene ring substituents is 1. The van der Waals surface area contributed by atoms with Crippen molar-refractivity contribution in [1.82, 2.24) is 9.55 Å². The number of aliphatic hydroxyl groups excluding tert-OH is 2. The molecule has 0 spiro atoms. The van der Waals surface area contributed by atoms with E-state index < -0.39 is 47.3 Å². The zero-order chi connectivity index (χ0) is 25.7. The quantitative estimate of drug-likeness (QED) is 0.228. The molecule has 1 unspecified atom stereocenters. The molecular weight excluding hydrogens is 460 g/mol. The minimum Gasteiger partial charge on any atom is -0.394 e. The predicted molar refractivity (Wildman–Crippen MR) is 125 cm³/mol. The summed E-state index contributed by atoms with van der Waals surface area (Å²) in [7, 11) is 0. The van der Waals surface area contributed by atoms with Crippen LogP contribution in [0.1, 0.15) is 49.3 Å². The van der Waals surface area contributed by atoms with Gasteiger partial charge < -0.3 is 25.4 Å². The number of aromatic amines is 1. The molecule has 3 rings (SSSR count). The Labute approximate surface area is 200 Å². The highest BCUT2D eigenvalue weighted by atomic mass is 16.6. The summed E-state index contributed by atoms with van der Waals surface area (Å²) in [4.78, 5) is 38.9. The molecule has 0 bridgehead atoms. The molecule has 1 aliphatic rings. The van der Waals surface area contributed by atoms with Crippen molar-refractivity contribution in [3.05, 3.63) is 72.0 Å². The van der Waals surface area contributed by atoms with Crippen molar-refractivity contribution < 1.29 is 24.6 Å². The Hall–Kier alpha value is -3.34. The number of rotatable bonds is 8. The molecule has 12 nitrogen and oxygen atoms in total. The van der Waals surface area contributed by atoms with Gasteiger partial charge in [0.05, 0.1) is 41.9 Å². The maximum absolute atomic E-state index is 12.9. The van der Waals surface area contributed by atoms with E-state index in [1.54, 1.807) is 6.07 Å². The lowest BCUT2D eigenvalue weighted by Crippen LogP contribution is -2.35. The third kappa shape index (κ3) is 6.02. The van der Waals surface area contributed by atoms with E-state index in [1.807, 2.05) is 13.8 Å². The lowest BCUT2D eigenvalue weighted by molar-refractivity contribution is -0.386. The van der Waals surface area contributed by atoms with Gasteiger partial charge in [-0.2, -0.15) is 0 Å². The van der Waals surface area contributed by atoms with Crippen molar-refractivity contribution in [2.75, 3.05) is 19.8 Å². The standard InChI is InChI=1S/C23H28N4O8/c1-13(2)12-34-21(15-6-5-14(4-3-7-24)8-17(15)27(32)33)16-10-26(23(31)25-22(16)30)20-9-18(29)19(11-28)35-20/h5-6,8,10,13,18-21,28-29H,7,9,11-12,24H2,1-2H3,(H,25,30,31)/t18-,19+,20+,21?/m0/s1.